The Morgan fingerprint density at radius 2 is 1.79 bits per heavy atom. The molecule has 0 spiro atoms. The third-order valence-electron chi connectivity index (χ3n) is 3.67. The molecule has 0 fully saturated rings. The number of thioether (sulfide) groups is 1. The Balaban J connectivity index is 2.04. The Hall–Kier alpha value is -1.99. The van der Waals surface area contributed by atoms with Crippen LogP contribution in [0.3, 0.4) is 0 Å². The van der Waals surface area contributed by atoms with Gasteiger partial charge in [0, 0.05) is 17.7 Å². The van der Waals surface area contributed by atoms with Gasteiger partial charge in [0.25, 0.3) is 0 Å². The molecule has 1 atom stereocenters. The predicted octanol–water partition coefficient (Wildman–Crippen LogP) is 4.84. The number of fused-ring (bicyclic) bond motifs is 1. The molecule has 0 bridgehead atoms. The van der Waals surface area contributed by atoms with Gasteiger partial charge in [0.15, 0.2) is 0 Å². The van der Waals surface area contributed by atoms with Crippen molar-refractivity contribution < 1.29 is 22.7 Å². The van der Waals surface area contributed by atoms with Gasteiger partial charge in [0.1, 0.15) is 5.44 Å². The van der Waals surface area contributed by atoms with Crippen LogP contribution in [0.4, 0.5) is 24.5 Å². The predicted molar refractivity (Wildman–Crippen MR) is 86.3 cm³/mol. The molecule has 1 amide bonds. The fraction of sp³-hybridized carbons (Fsp3) is 0.235. The second-order valence-corrected chi connectivity index (χ2v) is 6.43. The van der Waals surface area contributed by atoms with Gasteiger partial charge in [-0.2, -0.15) is 13.2 Å². The Bertz CT molecular complexity index is 746. The van der Waals surface area contributed by atoms with Crippen molar-refractivity contribution in [2.45, 2.75) is 22.9 Å². The van der Waals surface area contributed by atoms with E-state index in [4.69, 9.17) is 4.74 Å². The van der Waals surface area contributed by atoms with E-state index < -0.39 is 11.7 Å². The number of amides is 1. The highest BCUT2D eigenvalue weighted by atomic mass is 32.2. The quantitative estimate of drug-likeness (QED) is 0.774. The molecule has 0 radical (unpaired) electrons. The van der Waals surface area contributed by atoms with Crippen LogP contribution in [-0.4, -0.2) is 18.5 Å². The average Bonchev–Trinajstić information content (AvgIpc) is 2.69. The average molecular weight is 353 g/mol. The summed E-state index contributed by atoms with van der Waals surface area (Å²) >= 11 is 1.42. The first-order valence-electron chi connectivity index (χ1n) is 7.19. The van der Waals surface area contributed by atoms with Crippen molar-refractivity contribution in [1.29, 1.82) is 0 Å². The summed E-state index contributed by atoms with van der Waals surface area (Å²) in [6, 6.07) is 11.9. The van der Waals surface area contributed by atoms with E-state index in [0.29, 0.717) is 11.4 Å². The third-order valence-corrected chi connectivity index (χ3v) is 4.89. The first kappa shape index (κ1) is 16.9. The zero-order valence-electron chi connectivity index (χ0n) is 12.7. The van der Waals surface area contributed by atoms with E-state index in [-0.39, 0.29) is 17.8 Å². The number of carbonyl (C=O) groups excluding carboxylic acids is 1. The Labute approximate surface area is 141 Å². The number of ether oxygens (including phenoxy) is 1. The van der Waals surface area contributed by atoms with Crippen molar-refractivity contribution in [1.82, 2.24) is 0 Å². The fourth-order valence-corrected chi connectivity index (χ4v) is 3.55. The maximum Gasteiger partial charge on any atom is 0.416 e. The normalized spacial score (nSPS) is 18.2. The van der Waals surface area contributed by atoms with Gasteiger partial charge in [0.05, 0.1) is 17.7 Å². The first-order chi connectivity index (χ1) is 11.4. The van der Waals surface area contributed by atoms with Crippen LogP contribution in [-0.2, 0) is 15.7 Å². The maximum atomic E-state index is 12.7. The van der Waals surface area contributed by atoms with Crippen molar-refractivity contribution >= 4 is 29.0 Å². The molecule has 3 rings (SSSR count). The summed E-state index contributed by atoms with van der Waals surface area (Å²) in [5, 5.41) is 0. The molecular weight excluding hydrogens is 339 g/mol. The van der Waals surface area contributed by atoms with Crippen molar-refractivity contribution in [3.63, 3.8) is 0 Å². The Morgan fingerprint density at radius 3 is 2.42 bits per heavy atom. The van der Waals surface area contributed by atoms with Gasteiger partial charge in [-0.25, -0.2) is 0 Å². The lowest BCUT2D eigenvalue weighted by Gasteiger charge is -2.23. The van der Waals surface area contributed by atoms with E-state index in [1.54, 1.807) is 12.1 Å². The van der Waals surface area contributed by atoms with Crippen LogP contribution in [0.1, 0.15) is 12.0 Å². The van der Waals surface area contributed by atoms with E-state index in [2.05, 4.69) is 0 Å². The minimum atomic E-state index is -4.41. The minimum absolute atomic E-state index is 0.136. The van der Waals surface area contributed by atoms with Crippen molar-refractivity contribution in [3.8, 4) is 0 Å². The van der Waals surface area contributed by atoms with Crippen molar-refractivity contribution in [3.05, 3.63) is 54.1 Å². The fourth-order valence-electron chi connectivity index (χ4n) is 2.51. The molecule has 7 heteroatoms. The molecule has 2 aromatic carbocycles. The van der Waals surface area contributed by atoms with E-state index in [9.17, 15) is 18.0 Å². The molecule has 1 unspecified atom stereocenters. The lowest BCUT2D eigenvalue weighted by Crippen LogP contribution is -2.27. The zero-order chi connectivity index (χ0) is 17.3. The van der Waals surface area contributed by atoms with E-state index in [1.165, 1.54) is 35.9 Å². The van der Waals surface area contributed by atoms with Gasteiger partial charge in [-0.15, -0.1) is 0 Å². The summed E-state index contributed by atoms with van der Waals surface area (Å²) in [7, 11) is 1.53. The lowest BCUT2D eigenvalue weighted by atomic mass is 10.1. The third kappa shape index (κ3) is 3.27. The van der Waals surface area contributed by atoms with Crippen LogP contribution in [0.2, 0.25) is 0 Å². The van der Waals surface area contributed by atoms with E-state index in [0.717, 1.165) is 17.0 Å². The lowest BCUT2D eigenvalue weighted by molar-refractivity contribution is -0.137. The molecule has 1 aliphatic heterocycles. The molecule has 24 heavy (non-hydrogen) atoms. The molecule has 1 aliphatic rings. The number of methoxy groups -OCH3 is 1. The standard InChI is InChI=1S/C17H14F3NO2S/c1-23-16-10-15(22)21(13-4-2-3-5-14(13)24-16)12-8-6-11(7-9-12)17(18,19)20/h2-9,16H,10H2,1H3. The number of anilines is 2. The maximum absolute atomic E-state index is 12.7. The summed E-state index contributed by atoms with van der Waals surface area (Å²) in [6.45, 7) is 0. The van der Waals surface area contributed by atoms with Gasteiger partial charge in [-0.3, -0.25) is 9.69 Å². The largest absolute Gasteiger partial charge is 0.416 e. The van der Waals surface area contributed by atoms with Gasteiger partial charge in [0.2, 0.25) is 5.91 Å². The monoisotopic (exact) mass is 353 g/mol. The SMILES string of the molecule is COC1CC(=O)N(c2ccc(C(F)(F)F)cc2)c2ccccc2S1. The second-order valence-electron chi connectivity index (χ2n) is 5.23. The second kappa shape index (κ2) is 6.49. The van der Waals surface area contributed by atoms with Crippen molar-refractivity contribution in [2.75, 3.05) is 12.0 Å². The van der Waals surface area contributed by atoms with Gasteiger partial charge >= 0.3 is 6.18 Å². The number of nitrogens with zero attached hydrogens (tertiary/aromatic N) is 1. The molecular formula is C17H14F3NO2S. The summed E-state index contributed by atoms with van der Waals surface area (Å²) in [5.74, 6) is -0.223. The molecule has 0 saturated heterocycles. The van der Waals surface area contributed by atoms with E-state index >= 15 is 0 Å². The van der Waals surface area contributed by atoms with Crippen LogP contribution < -0.4 is 4.90 Å². The number of para-hydroxylation sites is 1. The van der Waals surface area contributed by atoms with Crippen LogP contribution in [0.15, 0.2) is 53.4 Å². The molecule has 0 saturated carbocycles. The first-order valence-corrected chi connectivity index (χ1v) is 8.07. The van der Waals surface area contributed by atoms with Gasteiger partial charge in [-0.1, -0.05) is 23.9 Å². The highest BCUT2D eigenvalue weighted by Crippen LogP contribution is 2.42. The highest BCUT2D eigenvalue weighted by molar-refractivity contribution is 8.00. The molecule has 0 N–H and O–H groups in total. The zero-order valence-corrected chi connectivity index (χ0v) is 13.5. The van der Waals surface area contributed by atoms with E-state index in [1.807, 2.05) is 12.1 Å². The number of rotatable bonds is 2. The van der Waals surface area contributed by atoms with Gasteiger partial charge in [-0.05, 0) is 36.4 Å². The van der Waals surface area contributed by atoms with Crippen LogP contribution in [0.25, 0.3) is 0 Å². The molecule has 3 nitrogen and oxygen atoms in total. The molecule has 0 aromatic heterocycles. The number of halogens is 3. The van der Waals surface area contributed by atoms with Crippen LogP contribution >= 0.6 is 11.8 Å². The number of benzene rings is 2. The van der Waals surface area contributed by atoms with Crippen molar-refractivity contribution in [2.24, 2.45) is 0 Å². The molecule has 126 valence electrons. The van der Waals surface area contributed by atoms with Gasteiger partial charge < -0.3 is 4.74 Å². The molecule has 0 aliphatic carbocycles. The molecule has 1 heterocycles. The van der Waals surface area contributed by atoms with Crippen LogP contribution in [0.5, 0.6) is 0 Å². The Morgan fingerprint density at radius 1 is 1.12 bits per heavy atom. The smallest absolute Gasteiger partial charge is 0.370 e. The Kier molecular flexibility index (Phi) is 4.56. The summed E-state index contributed by atoms with van der Waals surface area (Å²) in [5.41, 5.74) is -0.0336. The number of carbonyl (C=O) groups is 1. The number of hydrogen-bond donors (Lipinski definition) is 0. The topological polar surface area (TPSA) is 29.5 Å². The molecule has 2 aromatic rings. The summed E-state index contributed by atoms with van der Waals surface area (Å²) < 4.78 is 43.5. The highest BCUT2D eigenvalue weighted by Gasteiger charge is 2.32. The number of alkyl halides is 3. The summed E-state index contributed by atoms with van der Waals surface area (Å²) in [6.07, 6.45) is -4.27. The summed E-state index contributed by atoms with van der Waals surface area (Å²) in [4.78, 5) is 14.9. The van der Waals surface area contributed by atoms with Crippen LogP contribution in [0, 0.1) is 0 Å². The number of hydrogen-bond acceptors (Lipinski definition) is 3. The minimum Gasteiger partial charge on any atom is -0.370 e.